The van der Waals surface area contributed by atoms with E-state index in [1.54, 1.807) is 6.07 Å². The second-order valence-electron chi connectivity index (χ2n) is 5.18. The second kappa shape index (κ2) is 6.86. The van der Waals surface area contributed by atoms with E-state index in [4.69, 9.17) is 0 Å². The average Bonchev–Trinajstić information content (AvgIpc) is 2.29. The van der Waals surface area contributed by atoms with Crippen LogP contribution in [0.1, 0.15) is 13.8 Å². The summed E-state index contributed by atoms with van der Waals surface area (Å²) in [7, 11) is 3.99. The Bertz CT molecular complexity index is 450. The first-order valence-corrected chi connectivity index (χ1v) is 6.95. The van der Waals surface area contributed by atoms with Gasteiger partial charge in [-0.15, -0.1) is 0 Å². The molecule has 106 valence electrons. The number of likely N-dealkylation sites (N-methyl/N-ethyl adjacent to an activating group) is 1. The van der Waals surface area contributed by atoms with Crippen LogP contribution in [0, 0.1) is 16.0 Å². The van der Waals surface area contributed by atoms with Crippen molar-refractivity contribution >= 4 is 27.3 Å². The number of hydrogen-bond acceptors (Lipinski definition) is 4. The lowest BCUT2D eigenvalue weighted by Gasteiger charge is -2.26. The van der Waals surface area contributed by atoms with Crippen LogP contribution in [-0.4, -0.2) is 36.5 Å². The molecule has 1 N–H and O–H groups in total. The Morgan fingerprint density at radius 3 is 2.53 bits per heavy atom. The Kier molecular flexibility index (Phi) is 5.75. The fourth-order valence-electron chi connectivity index (χ4n) is 1.79. The molecule has 1 unspecified atom stereocenters. The molecule has 0 bridgehead atoms. The predicted molar refractivity (Wildman–Crippen MR) is 81.6 cm³/mol. The molecule has 0 saturated heterocycles. The van der Waals surface area contributed by atoms with E-state index in [1.165, 1.54) is 6.07 Å². The number of hydrogen-bond donors (Lipinski definition) is 1. The first-order valence-electron chi connectivity index (χ1n) is 6.16. The monoisotopic (exact) mass is 329 g/mol. The molecule has 1 aromatic rings. The number of nitrogens with zero attached hydrogens (tertiary/aromatic N) is 2. The molecule has 1 aromatic carbocycles. The van der Waals surface area contributed by atoms with E-state index in [1.807, 2.05) is 20.2 Å². The summed E-state index contributed by atoms with van der Waals surface area (Å²) in [6, 6.07) is 5.24. The van der Waals surface area contributed by atoms with Crippen molar-refractivity contribution in [2.75, 3.05) is 26.0 Å². The highest BCUT2D eigenvalue weighted by atomic mass is 79.9. The normalized spacial score (nSPS) is 12.8. The van der Waals surface area contributed by atoms with Crippen LogP contribution in [0.5, 0.6) is 0 Å². The Hall–Kier alpha value is -1.14. The minimum Gasteiger partial charge on any atom is -0.375 e. The summed E-state index contributed by atoms with van der Waals surface area (Å²) < 4.78 is 0.707. The molecule has 1 rings (SSSR count). The quantitative estimate of drug-likeness (QED) is 0.642. The van der Waals surface area contributed by atoms with E-state index in [0.717, 1.165) is 6.54 Å². The summed E-state index contributed by atoms with van der Waals surface area (Å²) >= 11 is 3.26. The Labute approximate surface area is 122 Å². The Morgan fingerprint density at radius 1 is 1.42 bits per heavy atom. The number of anilines is 1. The summed E-state index contributed by atoms with van der Waals surface area (Å²) in [5, 5.41) is 14.4. The van der Waals surface area contributed by atoms with E-state index >= 15 is 0 Å². The summed E-state index contributed by atoms with van der Waals surface area (Å²) in [4.78, 5) is 12.8. The van der Waals surface area contributed by atoms with Crippen molar-refractivity contribution in [1.82, 2.24) is 4.90 Å². The van der Waals surface area contributed by atoms with Crippen molar-refractivity contribution in [1.29, 1.82) is 0 Å². The van der Waals surface area contributed by atoms with Crippen LogP contribution in [0.3, 0.4) is 0 Å². The van der Waals surface area contributed by atoms with Crippen LogP contribution in [0.15, 0.2) is 22.7 Å². The summed E-state index contributed by atoms with van der Waals surface area (Å²) in [6.07, 6.45) is 0. The zero-order valence-electron chi connectivity index (χ0n) is 11.7. The summed E-state index contributed by atoms with van der Waals surface area (Å²) in [5.74, 6) is 0.380. The molecule has 5 nitrogen and oxygen atoms in total. The van der Waals surface area contributed by atoms with Crippen molar-refractivity contribution in [2.45, 2.75) is 19.9 Å². The van der Waals surface area contributed by atoms with Crippen molar-refractivity contribution < 1.29 is 4.92 Å². The number of nitro groups is 1. The molecule has 0 saturated carbocycles. The minimum atomic E-state index is -0.361. The number of rotatable bonds is 6. The topological polar surface area (TPSA) is 58.4 Å². The van der Waals surface area contributed by atoms with Crippen LogP contribution in [0.4, 0.5) is 11.4 Å². The van der Waals surface area contributed by atoms with Gasteiger partial charge < -0.3 is 10.2 Å². The number of nitrogens with one attached hydrogen (secondary N) is 1. The van der Waals surface area contributed by atoms with Gasteiger partial charge in [0.15, 0.2) is 0 Å². The van der Waals surface area contributed by atoms with Gasteiger partial charge in [-0.1, -0.05) is 29.8 Å². The van der Waals surface area contributed by atoms with Gasteiger partial charge in [0.05, 0.1) is 4.92 Å². The highest BCUT2D eigenvalue weighted by Crippen LogP contribution is 2.29. The lowest BCUT2D eigenvalue weighted by atomic mass is 10.0. The third kappa shape index (κ3) is 4.80. The maximum Gasteiger partial charge on any atom is 0.293 e. The van der Waals surface area contributed by atoms with Crippen molar-refractivity contribution in [3.8, 4) is 0 Å². The standard InChI is InChI=1S/C13H20BrN3O2/c1-9(2)12(8-16(3)4)15-11-6-5-10(14)7-13(11)17(18)19/h5-7,9,12,15H,8H2,1-4H3. The van der Waals surface area contributed by atoms with Gasteiger partial charge in [-0.05, 0) is 32.1 Å². The van der Waals surface area contributed by atoms with E-state index in [2.05, 4.69) is 40.0 Å². The van der Waals surface area contributed by atoms with E-state index in [-0.39, 0.29) is 16.7 Å². The van der Waals surface area contributed by atoms with Gasteiger partial charge >= 0.3 is 0 Å². The lowest BCUT2D eigenvalue weighted by molar-refractivity contribution is -0.384. The number of benzene rings is 1. The van der Waals surface area contributed by atoms with Crippen LogP contribution in [0.2, 0.25) is 0 Å². The minimum absolute atomic E-state index is 0.0961. The first-order chi connectivity index (χ1) is 8.81. The number of halogens is 1. The Balaban J connectivity index is 2.99. The highest BCUT2D eigenvalue weighted by molar-refractivity contribution is 9.10. The van der Waals surface area contributed by atoms with E-state index in [9.17, 15) is 10.1 Å². The van der Waals surface area contributed by atoms with Gasteiger partial charge in [0.1, 0.15) is 5.69 Å². The molecule has 0 aliphatic heterocycles. The molecule has 0 aliphatic rings. The summed E-state index contributed by atoms with van der Waals surface area (Å²) in [6.45, 7) is 5.03. The zero-order chi connectivity index (χ0) is 14.6. The molecule has 0 heterocycles. The highest BCUT2D eigenvalue weighted by Gasteiger charge is 2.20. The maximum atomic E-state index is 11.1. The average molecular weight is 330 g/mol. The van der Waals surface area contributed by atoms with Crippen molar-refractivity contribution in [2.24, 2.45) is 5.92 Å². The molecule has 0 radical (unpaired) electrons. The predicted octanol–water partition coefficient (Wildman–Crippen LogP) is 3.36. The second-order valence-corrected chi connectivity index (χ2v) is 6.09. The fraction of sp³-hybridized carbons (Fsp3) is 0.538. The number of nitro benzene ring substituents is 1. The molecule has 0 amide bonds. The maximum absolute atomic E-state index is 11.1. The SMILES string of the molecule is CC(C)C(CN(C)C)Nc1ccc(Br)cc1[N+](=O)[O-]. The molecule has 0 aliphatic carbocycles. The smallest absolute Gasteiger partial charge is 0.293 e. The van der Waals surface area contributed by atoms with Crippen LogP contribution in [-0.2, 0) is 0 Å². The van der Waals surface area contributed by atoms with Crippen LogP contribution in [0.25, 0.3) is 0 Å². The molecular formula is C13H20BrN3O2. The van der Waals surface area contributed by atoms with Gasteiger partial charge in [-0.25, -0.2) is 0 Å². The van der Waals surface area contributed by atoms with Gasteiger partial charge in [-0.3, -0.25) is 10.1 Å². The van der Waals surface area contributed by atoms with E-state index < -0.39 is 0 Å². The van der Waals surface area contributed by atoms with Crippen molar-refractivity contribution in [3.63, 3.8) is 0 Å². The zero-order valence-corrected chi connectivity index (χ0v) is 13.3. The fourth-order valence-corrected chi connectivity index (χ4v) is 2.14. The third-order valence-electron chi connectivity index (χ3n) is 2.86. The lowest BCUT2D eigenvalue weighted by Crippen LogP contribution is -2.36. The molecule has 0 aromatic heterocycles. The molecule has 19 heavy (non-hydrogen) atoms. The van der Waals surface area contributed by atoms with Crippen LogP contribution >= 0.6 is 15.9 Å². The molecule has 0 fully saturated rings. The molecule has 1 atom stereocenters. The molecular weight excluding hydrogens is 310 g/mol. The first kappa shape index (κ1) is 15.9. The van der Waals surface area contributed by atoms with Crippen LogP contribution < -0.4 is 5.32 Å². The van der Waals surface area contributed by atoms with Gasteiger partial charge in [0.2, 0.25) is 0 Å². The van der Waals surface area contributed by atoms with Gasteiger partial charge in [0, 0.05) is 23.1 Å². The third-order valence-corrected chi connectivity index (χ3v) is 3.36. The summed E-state index contributed by atoms with van der Waals surface area (Å²) in [5.41, 5.74) is 0.660. The van der Waals surface area contributed by atoms with Gasteiger partial charge in [0.25, 0.3) is 5.69 Å². The Morgan fingerprint density at radius 2 is 2.05 bits per heavy atom. The van der Waals surface area contributed by atoms with Gasteiger partial charge in [-0.2, -0.15) is 0 Å². The largest absolute Gasteiger partial charge is 0.375 e. The molecule has 6 heteroatoms. The van der Waals surface area contributed by atoms with Crippen molar-refractivity contribution in [3.05, 3.63) is 32.8 Å². The molecule has 0 spiro atoms. The van der Waals surface area contributed by atoms with E-state index in [0.29, 0.717) is 16.1 Å².